The molecule has 0 radical (unpaired) electrons. The summed E-state index contributed by atoms with van der Waals surface area (Å²) in [6.07, 6.45) is 26.0. The summed E-state index contributed by atoms with van der Waals surface area (Å²) in [4.78, 5) is 0. The summed E-state index contributed by atoms with van der Waals surface area (Å²) in [6.45, 7) is 2.31. The molecule has 3 fully saturated rings. The SMILES string of the molecule is CCCCCCC[C@H]1CC[C@H](C2CCC(C3CCCC(C#N)C3)CC2)CC1. The zero-order chi connectivity index (χ0) is 18.9. The van der Waals surface area contributed by atoms with Crippen LogP contribution in [0.4, 0.5) is 0 Å². The largest absolute Gasteiger partial charge is 0.198 e. The van der Waals surface area contributed by atoms with Gasteiger partial charge in [0.15, 0.2) is 0 Å². The molecule has 0 aromatic carbocycles. The maximum atomic E-state index is 9.28. The van der Waals surface area contributed by atoms with Crippen molar-refractivity contribution in [3.63, 3.8) is 0 Å². The summed E-state index contributed by atoms with van der Waals surface area (Å²) in [7, 11) is 0. The third-order valence-electron chi connectivity index (χ3n) is 8.65. The lowest BCUT2D eigenvalue weighted by Crippen LogP contribution is -2.30. The van der Waals surface area contributed by atoms with E-state index in [0.29, 0.717) is 5.92 Å². The highest BCUT2D eigenvalue weighted by Gasteiger charge is 2.34. The zero-order valence-electron chi connectivity index (χ0n) is 18.1. The van der Waals surface area contributed by atoms with Crippen molar-refractivity contribution in [3.8, 4) is 6.07 Å². The van der Waals surface area contributed by atoms with Gasteiger partial charge in [-0.2, -0.15) is 5.26 Å². The van der Waals surface area contributed by atoms with Gasteiger partial charge >= 0.3 is 0 Å². The van der Waals surface area contributed by atoms with Crippen LogP contribution in [0.2, 0.25) is 0 Å². The van der Waals surface area contributed by atoms with Gasteiger partial charge in [-0.15, -0.1) is 0 Å². The molecule has 0 spiro atoms. The summed E-state index contributed by atoms with van der Waals surface area (Å²) < 4.78 is 0. The van der Waals surface area contributed by atoms with Gasteiger partial charge in [0.05, 0.1) is 6.07 Å². The van der Waals surface area contributed by atoms with Gasteiger partial charge in [-0.05, 0) is 81.0 Å². The van der Waals surface area contributed by atoms with Crippen molar-refractivity contribution in [2.75, 3.05) is 0 Å². The molecule has 3 aliphatic rings. The van der Waals surface area contributed by atoms with Gasteiger partial charge in [0.25, 0.3) is 0 Å². The molecule has 0 saturated heterocycles. The Hall–Kier alpha value is -0.510. The smallest absolute Gasteiger partial charge is 0.0655 e. The molecule has 3 saturated carbocycles. The van der Waals surface area contributed by atoms with Crippen molar-refractivity contribution < 1.29 is 0 Å². The Kier molecular flexibility index (Phi) is 9.02. The molecule has 2 atom stereocenters. The minimum Gasteiger partial charge on any atom is -0.198 e. The fourth-order valence-electron chi connectivity index (χ4n) is 6.85. The Morgan fingerprint density at radius 1 is 0.667 bits per heavy atom. The summed E-state index contributed by atoms with van der Waals surface area (Å²) in [5, 5.41) is 9.28. The number of nitrogens with zero attached hydrogens (tertiary/aromatic N) is 1. The summed E-state index contributed by atoms with van der Waals surface area (Å²) >= 11 is 0. The van der Waals surface area contributed by atoms with E-state index in [1.54, 1.807) is 0 Å². The van der Waals surface area contributed by atoms with Crippen molar-refractivity contribution in [1.29, 1.82) is 5.26 Å². The molecule has 1 nitrogen and oxygen atoms in total. The molecule has 154 valence electrons. The van der Waals surface area contributed by atoms with Crippen molar-refractivity contribution in [1.82, 2.24) is 0 Å². The molecule has 0 aromatic heterocycles. The van der Waals surface area contributed by atoms with Crippen LogP contribution < -0.4 is 0 Å². The van der Waals surface area contributed by atoms with Crippen LogP contribution in [0.25, 0.3) is 0 Å². The van der Waals surface area contributed by atoms with E-state index in [4.69, 9.17) is 0 Å². The maximum absolute atomic E-state index is 9.28. The third-order valence-corrected chi connectivity index (χ3v) is 8.65. The molecule has 0 bridgehead atoms. The van der Waals surface area contributed by atoms with Crippen molar-refractivity contribution in [2.24, 2.45) is 35.5 Å². The second-order valence-corrected chi connectivity index (χ2v) is 10.4. The summed E-state index contributed by atoms with van der Waals surface area (Å²) in [5.74, 6) is 5.37. The molecule has 0 aliphatic heterocycles. The Labute approximate surface area is 169 Å². The van der Waals surface area contributed by atoms with Crippen LogP contribution in [0, 0.1) is 46.8 Å². The molecule has 0 heterocycles. The predicted octanol–water partition coefficient (Wildman–Crippen LogP) is 8.29. The van der Waals surface area contributed by atoms with Crippen molar-refractivity contribution >= 4 is 0 Å². The first-order chi connectivity index (χ1) is 13.3. The third kappa shape index (κ3) is 6.51. The van der Waals surface area contributed by atoms with E-state index in [1.165, 1.54) is 116 Å². The molecule has 2 unspecified atom stereocenters. The van der Waals surface area contributed by atoms with Crippen LogP contribution in [-0.4, -0.2) is 0 Å². The lowest BCUT2D eigenvalue weighted by atomic mass is 9.64. The van der Waals surface area contributed by atoms with Crippen LogP contribution in [0.15, 0.2) is 0 Å². The van der Waals surface area contributed by atoms with Gasteiger partial charge < -0.3 is 0 Å². The Morgan fingerprint density at radius 3 is 1.89 bits per heavy atom. The molecule has 1 heteroatoms. The van der Waals surface area contributed by atoms with Crippen LogP contribution in [0.3, 0.4) is 0 Å². The minimum atomic E-state index is 0.374. The van der Waals surface area contributed by atoms with Gasteiger partial charge in [0, 0.05) is 5.92 Å². The molecular formula is C26H45N. The van der Waals surface area contributed by atoms with Gasteiger partial charge in [-0.1, -0.05) is 71.1 Å². The van der Waals surface area contributed by atoms with E-state index in [1.807, 2.05) is 0 Å². The summed E-state index contributed by atoms with van der Waals surface area (Å²) in [5.41, 5.74) is 0. The number of hydrogen-bond acceptors (Lipinski definition) is 1. The highest BCUT2D eigenvalue weighted by atomic mass is 14.4. The Bertz CT molecular complexity index is 434. The van der Waals surface area contributed by atoms with Gasteiger partial charge in [-0.3, -0.25) is 0 Å². The van der Waals surface area contributed by atoms with Gasteiger partial charge in [0.1, 0.15) is 0 Å². The Balaban J connectivity index is 1.31. The molecule has 3 aliphatic carbocycles. The molecule has 27 heavy (non-hydrogen) atoms. The van der Waals surface area contributed by atoms with Crippen molar-refractivity contribution in [2.45, 2.75) is 122 Å². The standard InChI is InChI=1S/C26H45N/c1-2-3-4-5-6-8-21-11-13-23(14-12-21)24-15-17-25(18-16-24)26-10-7-9-22(19-26)20-27/h21-26H,2-19H2,1H3/t21-,22?,23-,24?,25?,26?. The maximum Gasteiger partial charge on any atom is 0.0655 e. The van der Waals surface area contributed by atoms with E-state index < -0.39 is 0 Å². The van der Waals surface area contributed by atoms with E-state index in [-0.39, 0.29) is 0 Å². The van der Waals surface area contributed by atoms with Gasteiger partial charge in [-0.25, -0.2) is 0 Å². The average molecular weight is 372 g/mol. The van der Waals surface area contributed by atoms with Crippen LogP contribution >= 0.6 is 0 Å². The lowest BCUT2D eigenvalue weighted by Gasteiger charge is -2.41. The summed E-state index contributed by atoms with van der Waals surface area (Å²) in [6, 6.07) is 2.56. The normalized spacial score (nSPS) is 37.6. The molecule has 0 amide bonds. The first-order valence-electron chi connectivity index (χ1n) is 12.7. The van der Waals surface area contributed by atoms with Crippen LogP contribution in [0.5, 0.6) is 0 Å². The topological polar surface area (TPSA) is 23.8 Å². The van der Waals surface area contributed by atoms with E-state index in [0.717, 1.165) is 29.6 Å². The Morgan fingerprint density at radius 2 is 1.26 bits per heavy atom. The first-order valence-corrected chi connectivity index (χ1v) is 12.7. The average Bonchev–Trinajstić information content (AvgIpc) is 2.74. The highest BCUT2D eigenvalue weighted by molar-refractivity contribution is 4.91. The fraction of sp³-hybridized carbons (Fsp3) is 0.962. The van der Waals surface area contributed by atoms with E-state index in [9.17, 15) is 5.26 Å². The number of rotatable bonds is 8. The van der Waals surface area contributed by atoms with E-state index in [2.05, 4.69) is 13.0 Å². The van der Waals surface area contributed by atoms with E-state index >= 15 is 0 Å². The molecule has 0 aromatic rings. The van der Waals surface area contributed by atoms with Crippen LogP contribution in [-0.2, 0) is 0 Å². The van der Waals surface area contributed by atoms with Crippen molar-refractivity contribution in [3.05, 3.63) is 0 Å². The monoisotopic (exact) mass is 371 g/mol. The number of hydrogen-bond donors (Lipinski definition) is 0. The number of nitriles is 1. The fourth-order valence-corrected chi connectivity index (χ4v) is 6.85. The van der Waals surface area contributed by atoms with Crippen LogP contribution in [0.1, 0.15) is 122 Å². The zero-order valence-corrected chi connectivity index (χ0v) is 18.1. The van der Waals surface area contributed by atoms with Gasteiger partial charge in [0.2, 0.25) is 0 Å². The molecular weight excluding hydrogens is 326 g/mol. The molecule has 3 rings (SSSR count). The molecule has 0 N–H and O–H groups in total. The lowest BCUT2D eigenvalue weighted by molar-refractivity contribution is 0.105. The quantitative estimate of drug-likeness (QED) is 0.394. The second kappa shape index (κ2) is 11.5. The highest BCUT2D eigenvalue weighted by Crippen LogP contribution is 2.46. The second-order valence-electron chi connectivity index (χ2n) is 10.4. The first kappa shape index (κ1) is 21.2. The predicted molar refractivity (Wildman–Crippen MR) is 115 cm³/mol. The number of unbranched alkanes of at least 4 members (excludes halogenated alkanes) is 4. The minimum absolute atomic E-state index is 0.374.